The number of amides is 2. The van der Waals surface area contributed by atoms with E-state index in [2.05, 4.69) is 10.6 Å². The summed E-state index contributed by atoms with van der Waals surface area (Å²) in [6.45, 7) is 7.53. The Hall–Kier alpha value is -2.77. The summed E-state index contributed by atoms with van der Waals surface area (Å²) in [7, 11) is 0. The van der Waals surface area contributed by atoms with E-state index in [1.165, 1.54) is 0 Å². The fourth-order valence-electron chi connectivity index (χ4n) is 2.70. The van der Waals surface area contributed by atoms with Crippen molar-refractivity contribution < 1.29 is 28.6 Å². The third kappa shape index (κ3) is 8.41. The van der Waals surface area contributed by atoms with Crippen molar-refractivity contribution in [3.63, 3.8) is 0 Å². The van der Waals surface area contributed by atoms with Crippen LogP contribution in [0.4, 0.5) is 10.5 Å². The average Bonchev–Trinajstić information content (AvgIpc) is 2.62. The third-order valence-corrected chi connectivity index (χ3v) is 4.02. The number of carbonyl (C=O) groups is 3. The van der Waals surface area contributed by atoms with Gasteiger partial charge in [0.05, 0.1) is 12.6 Å². The fraction of sp³-hybridized carbons (Fsp3) is 0.571. The third-order valence-electron chi connectivity index (χ3n) is 4.02. The summed E-state index contributed by atoms with van der Waals surface area (Å²) in [5.74, 6) is 0.392. The number of ether oxygens (including phenoxy) is 3. The van der Waals surface area contributed by atoms with Crippen molar-refractivity contribution in [3.05, 3.63) is 23.8 Å². The second-order valence-electron chi connectivity index (χ2n) is 8.05. The molecule has 1 aromatic rings. The summed E-state index contributed by atoms with van der Waals surface area (Å²) in [4.78, 5) is 34.9. The maximum absolute atomic E-state index is 11.8. The van der Waals surface area contributed by atoms with Gasteiger partial charge in [0.15, 0.2) is 0 Å². The molecule has 1 heterocycles. The summed E-state index contributed by atoms with van der Waals surface area (Å²) in [6.07, 6.45) is 1.36. The van der Waals surface area contributed by atoms with Crippen LogP contribution in [0.15, 0.2) is 18.2 Å². The molecule has 0 saturated carbocycles. The molecule has 1 aliphatic heterocycles. The number of hydrogen-bond acceptors (Lipinski definition) is 6. The van der Waals surface area contributed by atoms with Gasteiger partial charge >= 0.3 is 12.1 Å². The summed E-state index contributed by atoms with van der Waals surface area (Å²) >= 11 is 0. The quantitative estimate of drug-likeness (QED) is 0.508. The maximum Gasteiger partial charge on any atom is 0.407 e. The van der Waals surface area contributed by atoms with E-state index in [1.807, 2.05) is 12.1 Å². The number of carbonyl (C=O) groups excluding carboxylic acids is 3. The smallest absolute Gasteiger partial charge is 0.407 e. The molecule has 160 valence electrons. The molecule has 0 fully saturated rings. The van der Waals surface area contributed by atoms with Crippen LogP contribution in [0.25, 0.3) is 0 Å². The Morgan fingerprint density at radius 3 is 2.72 bits per heavy atom. The van der Waals surface area contributed by atoms with E-state index in [1.54, 1.807) is 33.8 Å². The Bertz CT molecular complexity index is 741. The molecule has 1 atom stereocenters. The zero-order valence-electron chi connectivity index (χ0n) is 17.5. The first-order valence-electron chi connectivity index (χ1n) is 9.83. The molecule has 0 unspecified atom stereocenters. The van der Waals surface area contributed by atoms with Crippen LogP contribution in [0.5, 0.6) is 5.75 Å². The highest BCUT2D eigenvalue weighted by Gasteiger charge is 2.18. The molecule has 2 rings (SSSR count). The lowest BCUT2D eigenvalue weighted by molar-refractivity contribution is -0.144. The zero-order chi connectivity index (χ0) is 21.4. The first-order valence-corrected chi connectivity index (χ1v) is 9.83. The van der Waals surface area contributed by atoms with Gasteiger partial charge in [0.1, 0.15) is 18.0 Å². The normalized spacial score (nSPS) is 14.3. The molecule has 29 heavy (non-hydrogen) atoms. The molecule has 0 aromatic heterocycles. The first-order chi connectivity index (χ1) is 13.6. The zero-order valence-corrected chi connectivity index (χ0v) is 17.5. The van der Waals surface area contributed by atoms with Crippen molar-refractivity contribution in [2.45, 2.75) is 65.0 Å². The first kappa shape index (κ1) is 22.5. The van der Waals surface area contributed by atoms with Crippen LogP contribution >= 0.6 is 0 Å². The minimum Gasteiger partial charge on any atom is -0.494 e. The van der Waals surface area contributed by atoms with Crippen molar-refractivity contribution in [2.24, 2.45) is 0 Å². The van der Waals surface area contributed by atoms with Gasteiger partial charge in [0.2, 0.25) is 5.91 Å². The molecule has 2 amide bonds. The number of fused-ring (bicyclic) bond motifs is 1. The van der Waals surface area contributed by atoms with Crippen molar-refractivity contribution in [1.82, 2.24) is 5.32 Å². The highest BCUT2D eigenvalue weighted by Crippen LogP contribution is 2.26. The van der Waals surface area contributed by atoms with Gasteiger partial charge in [-0.1, -0.05) is 0 Å². The van der Waals surface area contributed by atoms with Crippen LogP contribution in [0.1, 0.15) is 52.5 Å². The number of esters is 1. The van der Waals surface area contributed by atoms with Gasteiger partial charge in [-0.05, 0) is 64.3 Å². The average molecular weight is 406 g/mol. The second kappa shape index (κ2) is 10.1. The lowest BCUT2D eigenvalue weighted by Gasteiger charge is -2.21. The molecule has 8 heteroatoms. The second-order valence-corrected chi connectivity index (χ2v) is 8.05. The number of rotatable bonds is 8. The molecule has 0 radical (unpaired) electrons. The van der Waals surface area contributed by atoms with Crippen molar-refractivity contribution >= 4 is 23.7 Å². The molecule has 8 nitrogen and oxygen atoms in total. The molecule has 0 bridgehead atoms. The van der Waals surface area contributed by atoms with Crippen molar-refractivity contribution in [2.75, 3.05) is 18.5 Å². The Kier molecular flexibility index (Phi) is 7.87. The maximum atomic E-state index is 11.8. The Morgan fingerprint density at radius 1 is 1.24 bits per heavy atom. The van der Waals surface area contributed by atoms with Crippen LogP contribution in [-0.4, -0.2) is 42.8 Å². The highest BCUT2D eigenvalue weighted by atomic mass is 16.6. The van der Waals surface area contributed by atoms with E-state index in [4.69, 9.17) is 14.2 Å². The van der Waals surface area contributed by atoms with Gasteiger partial charge in [-0.3, -0.25) is 9.59 Å². The summed E-state index contributed by atoms with van der Waals surface area (Å²) in [5.41, 5.74) is 1.30. The summed E-state index contributed by atoms with van der Waals surface area (Å²) < 4.78 is 16.0. The van der Waals surface area contributed by atoms with E-state index >= 15 is 0 Å². The molecule has 1 aromatic carbocycles. The number of benzene rings is 1. The van der Waals surface area contributed by atoms with Gasteiger partial charge in [-0.15, -0.1) is 0 Å². The highest BCUT2D eigenvalue weighted by molar-refractivity contribution is 5.94. The topological polar surface area (TPSA) is 103 Å². The molecule has 1 aliphatic rings. The number of nitrogens with one attached hydrogen (secondary N) is 2. The van der Waals surface area contributed by atoms with Gasteiger partial charge < -0.3 is 24.8 Å². The van der Waals surface area contributed by atoms with Crippen LogP contribution in [0, 0.1) is 0 Å². The fourth-order valence-corrected chi connectivity index (χ4v) is 2.70. The monoisotopic (exact) mass is 406 g/mol. The number of anilines is 1. The van der Waals surface area contributed by atoms with E-state index in [0.29, 0.717) is 31.6 Å². The SMILES string of the molecule is C[C@@H](COC(=O)CCCOc1ccc2c(c1)CCC(=O)N2)NC(=O)OC(C)(C)C. The predicted octanol–water partition coefficient (Wildman–Crippen LogP) is 3.19. The number of aryl methyl sites for hydroxylation is 1. The summed E-state index contributed by atoms with van der Waals surface area (Å²) in [6, 6.07) is 5.19. The Balaban J connectivity index is 1.61. The molecular weight excluding hydrogens is 376 g/mol. The van der Waals surface area contributed by atoms with Crippen LogP contribution in [0.2, 0.25) is 0 Å². The lowest BCUT2D eigenvalue weighted by atomic mass is 10.0. The van der Waals surface area contributed by atoms with Gasteiger partial charge in [0.25, 0.3) is 0 Å². The van der Waals surface area contributed by atoms with Crippen LogP contribution < -0.4 is 15.4 Å². The van der Waals surface area contributed by atoms with Crippen molar-refractivity contribution in [1.29, 1.82) is 0 Å². The molecule has 0 aliphatic carbocycles. The van der Waals surface area contributed by atoms with E-state index in [9.17, 15) is 14.4 Å². The van der Waals surface area contributed by atoms with E-state index < -0.39 is 11.7 Å². The largest absolute Gasteiger partial charge is 0.494 e. The molecule has 0 saturated heterocycles. The van der Waals surface area contributed by atoms with E-state index in [0.717, 1.165) is 11.3 Å². The Morgan fingerprint density at radius 2 is 2.00 bits per heavy atom. The standard InChI is InChI=1S/C21H30N2O6/c1-14(22-20(26)29-21(2,3)4)13-28-19(25)6-5-11-27-16-8-9-17-15(12-16)7-10-18(24)23-17/h8-9,12,14H,5-7,10-11,13H2,1-4H3,(H,22,26)(H,23,24)/t14-/m0/s1. The molecule has 0 spiro atoms. The van der Waals surface area contributed by atoms with Crippen LogP contribution in [0.3, 0.4) is 0 Å². The lowest BCUT2D eigenvalue weighted by Crippen LogP contribution is -2.40. The minimum absolute atomic E-state index is 0.0280. The van der Waals surface area contributed by atoms with E-state index in [-0.39, 0.29) is 30.9 Å². The molecule has 2 N–H and O–H groups in total. The van der Waals surface area contributed by atoms with Crippen LogP contribution in [-0.2, 0) is 25.5 Å². The predicted molar refractivity (Wildman–Crippen MR) is 108 cm³/mol. The van der Waals surface area contributed by atoms with Gasteiger partial charge in [0, 0.05) is 18.5 Å². The number of alkyl carbamates (subject to hydrolysis) is 1. The van der Waals surface area contributed by atoms with Crippen molar-refractivity contribution in [3.8, 4) is 5.75 Å². The minimum atomic E-state index is -0.577. The number of hydrogen-bond donors (Lipinski definition) is 2. The molecular formula is C21H30N2O6. The summed E-state index contributed by atoms with van der Waals surface area (Å²) in [5, 5.41) is 5.44. The van der Waals surface area contributed by atoms with Gasteiger partial charge in [-0.25, -0.2) is 4.79 Å². The van der Waals surface area contributed by atoms with Gasteiger partial charge in [-0.2, -0.15) is 0 Å². The Labute approximate surface area is 171 Å².